The van der Waals surface area contributed by atoms with E-state index in [1.807, 2.05) is 0 Å². The third kappa shape index (κ3) is 2.33. The van der Waals surface area contributed by atoms with Crippen LogP contribution >= 0.6 is 0 Å². The zero-order valence-electron chi connectivity index (χ0n) is 14.7. The van der Waals surface area contributed by atoms with Gasteiger partial charge in [-0.1, -0.05) is 19.1 Å². The Labute approximate surface area is 150 Å². The van der Waals surface area contributed by atoms with Crippen molar-refractivity contribution in [2.75, 3.05) is 18.0 Å². The highest BCUT2D eigenvalue weighted by molar-refractivity contribution is 5.76. The quantitative estimate of drug-likeness (QED) is 0.565. The number of para-hydroxylation sites is 2. The summed E-state index contributed by atoms with van der Waals surface area (Å²) in [6.45, 7) is 4.01. The molecule has 1 fully saturated rings. The summed E-state index contributed by atoms with van der Waals surface area (Å²) >= 11 is 0. The van der Waals surface area contributed by atoms with Crippen LogP contribution in [-0.4, -0.2) is 47.7 Å². The van der Waals surface area contributed by atoms with Gasteiger partial charge in [-0.3, -0.25) is 0 Å². The minimum Gasteiger partial charge on any atom is -0.351 e. The van der Waals surface area contributed by atoms with Crippen LogP contribution in [0.25, 0.3) is 16.7 Å². The molecule has 5 rings (SSSR count). The van der Waals surface area contributed by atoms with Gasteiger partial charge >= 0.3 is 0 Å². The SMILES string of the molecule is CCc1nc2ccccc2n1C1CCCN(c2nccn3nnnc23)C1. The normalized spacial score (nSPS) is 18.0. The molecule has 4 aromatic rings. The molecule has 1 atom stereocenters. The number of imidazole rings is 1. The Bertz CT molecular complexity index is 1070. The van der Waals surface area contributed by atoms with Gasteiger partial charge in [-0.2, -0.15) is 4.52 Å². The largest absolute Gasteiger partial charge is 0.351 e. The molecular weight excluding hydrogens is 328 g/mol. The van der Waals surface area contributed by atoms with Crippen LogP contribution in [0.5, 0.6) is 0 Å². The van der Waals surface area contributed by atoms with E-state index in [9.17, 15) is 0 Å². The fourth-order valence-electron chi connectivity index (χ4n) is 4.00. The van der Waals surface area contributed by atoms with Crippen molar-refractivity contribution in [1.29, 1.82) is 0 Å². The molecule has 0 bridgehead atoms. The van der Waals surface area contributed by atoms with Crippen LogP contribution in [0.4, 0.5) is 5.82 Å². The lowest BCUT2D eigenvalue weighted by Crippen LogP contribution is -2.37. The number of aryl methyl sites for hydroxylation is 1. The molecule has 8 nitrogen and oxygen atoms in total. The molecule has 0 spiro atoms. The van der Waals surface area contributed by atoms with Gasteiger partial charge in [0.25, 0.3) is 0 Å². The van der Waals surface area contributed by atoms with Crippen LogP contribution in [0.15, 0.2) is 36.7 Å². The molecule has 1 unspecified atom stereocenters. The van der Waals surface area contributed by atoms with E-state index in [4.69, 9.17) is 4.98 Å². The fraction of sp³-hybridized carbons (Fsp3) is 0.389. The third-order valence-electron chi connectivity index (χ3n) is 5.14. The number of hydrogen-bond acceptors (Lipinski definition) is 6. The van der Waals surface area contributed by atoms with Crippen molar-refractivity contribution in [2.45, 2.75) is 32.2 Å². The summed E-state index contributed by atoms with van der Waals surface area (Å²) < 4.78 is 4.10. The van der Waals surface area contributed by atoms with Crippen LogP contribution in [0.2, 0.25) is 0 Å². The Morgan fingerprint density at radius 3 is 3.08 bits per heavy atom. The first kappa shape index (κ1) is 15.2. The number of hydrogen-bond donors (Lipinski definition) is 0. The van der Waals surface area contributed by atoms with Gasteiger partial charge in [0, 0.05) is 25.7 Å². The van der Waals surface area contributed by atoms with Crippen molar-refractivity contribution < 1.29 is 0 Å². The van der Waals surface area contributed by atoms with Gasteiger partial charge in [0.2, 0.25) is 5.65 Å². The molecule has 1 aromatic carbocycles. The molecule has 132 valence electrons. The third-order valence-corrected chi connectivity index (χ3v) is 5.14. The van der Waals surface area contributed by atoms with E-state index in [1.165, 1.54) is 5.52 Å². The molecule has 26 heavy (non-hydrogen) atoms. The average molecular weight is 348 g/mol. The number of benzene rings is 1. The first-order valence-corrected chi connectivity index (χ1v) is 9.08. The van der Waals surface area contributed by atoms with E-state index in [-0.39, 0.29) is 0 Å². The molecular formula is C18H20N8. The summed E-state index contributed by atoms with van der Waals surface area (Å²) in [4.78, 5) is 11.7. The van der Waals surface area contributed by atoms with Crippen molar-refractivity contribution in [1.82, 2.24) is 34.6 Å². The first-order valence-electron chi connectivity index (χ1n) is 9.08. The maximum atomic E-state index is 4.84. The maximum Gasteiger partial charge on any atom is 0.221 e. The van der Waals surface area contributed by atoms with Gasteiger partial charge in [0.15, 0.2) is 5.82 Å². The number of anilines is 1. The van der Waals surface area contributed by atoms with Crippen LogP contribution in [0, 0.1) is 0 Å². The standard InChI is InChI=1S/C18H20N8/c1-2-16-20-14-7-3-4-8-15(14)26(16)13-6-5-10-24(12-13)17-18-21-22-23-25(18)11-9-19-17/h3-4,7-9,11,13H,2,5-6,10,12H2,1H3. The van der Waals surface area contributed by atoms with E-state index in [0.29, 0.717) is 11.7 Å². The lowest BCUT2D eigenvalue weighted by Gasteiger charge is -2.35. The number of piperidine rings is 1. The van der Waals surface area contributed by atoms with Gasteiger partial charge < -0.3 is 9.47 Å². The summed E-state index contributed by atoms with van der Waals surface area (Å²) in [5.74, 6) is 2.00. The Morgan fingerprint density at radius 1 is 1.23 bits per heavy atom. The van der Waals surface area contributed by atoms with Crippen molar-refractivity contribution in [2.24, 2.45) is 0 Å². The van der Waals surface area contributed by atoms with Crippen LogP contribution in [-0.2, 0) is 6.42 Å². The Balaban J connectivity index is 1.55. The average Bonchev–Trinajstić information content (AvgIpc) is 3.32. The maximum absolute atomic E-state index is 4.84. The van der Waals surface area contributed by atoms with E-state index in [1.54, 1.807) is 16.9 Å². The van der Waals surface area contributed by atoms with E-state index < -0.39 is 0 Å². The molecule has 4 heterocycles. The molecule has 3 aromatic heterocycles. The predicted molar refractivity (Wildman–Crippen MR) is 98.2 cm³/mol. The van der Waals surface area contributed by atoms with E-state index in [2.05, 4.69) is 61.2 Å². The summed E-state index contributed by atoms with van der Waals surface area (Å²) in [7, 11) is 0. The summed E-state index contributed by atoms with van der Waals surface area (Å²) in [6, 6.07) is 8.77. The number of nitrogens with zero attached hydrogens (tertiary/aromatic N) is 8. The van der Waals surface area contributed by atoms with Crippen LogP contribution in [0.3, 0.4) is 0 Å². The Hall–Kier alpha value is -3.03. The van der Waals surface area contributed by atoms with E-state index in [0.717, 1.165) is 49.5 Å². The Morgan fingerprint density at radius 2 is 2.15 bits per heavy atom. The number of rotatable bonds is 3. The molecule has 0 radical (unpaired) electrons. The minimum absolute atomic E-state index is 0.365. The zero-order chi connectivity index (χ0) is 17.5. The molecule has 0 saturated carbocycles. The minimum atomic E-state index is 0.365. The molecule has 0 aliphatic carbocycles. The highest BCUT2D eigenvalue weighted by atomic mass is 15.5. The van der Waals surface area contributed by atoms with Gasteiger partial charge in [0.1, 0.15) is 5.82 Å². The monoisotopic (exact) mass is 348 g/mol. The second kappa shape index (κ2) is 6.05. The van der Waals surface area contributed by atoms with E-state index >= 15 is 0 Å². The summed E-state index contributed by atoms with van der Waals surface area (Å²) in [5, 5.41) is 11.9. The molecule has 0 N–H and O–H groups in total. The van der Waals surface area contributed by atoms with Crippen molar-refractivity contribution in [3.8, 4) is 0 Å². The van der Waals surface area contributed by atoms with Crippen molar-refractivity contribution >= 4 is 22.5 Å². The number of fused-ring (bicyclic) bond motifs is 2. The van der Waals surface area contributed by atoms with Crippen LogP contribution < -0.4 is 4.90 Å². The van der Waals surface area contributed by atoms with Crippen molar-refractivity contribution in [3.63, 3.8) is 0 Å². The molecule has 1 aliphatic rings. The number of tetrazole rings is 1. The summed E-state index contributed by atoms with van der Waals surface area (Å²) in [6.07, 6.45) is 6.70. The summed E-state index contributed by atoms with van der Waals surface area (Å²) in [5.41, 5.74) is 2.99. The Kier molecular flexibility index (Phi) is 3.55. The van der Waals surface area contributed by atoms with Gasteiger partial charge in [-0.15, -0.1) is 5.10 Å². The highest BCUT2D eigenvalue weighted by Crippen LogP contribution is 2.30. The number of aromatic nitrogens is 7. The smallest absolute Gasteiger partial charge is 0.221 e. The molecule has 0 amide bonds. The molecule has 1 aliphatic heterocycles. The van der Waals surface area contributed by atoms with Gasteiger partial charge in [-0.25, -0.2) is 9.97 Å². The highest BCUT2D eigenvalue weighted by Gasteiger charge is 2.27. The lowest BCUT2D eigenvalue weighted by molar-refractivity contribution is 0.402. The topological polar surface area (TPSA) is 77.0 Å². The first-order chi connectivity index (χ1) is 12.8. The second-order valence-electron chi connectivity index (χ2n) is 6.68. The second-order valence-corrected chi connectivity index (χ2v) is 6.68. The zero-order valence-corrected chi connectivity index (χ0v) is 14.7. The van der Waals surface area contributed by atoms with Crippen LogP contribution in [0.1, 0.15) is 31.6 Å². The van der Waals surface area contributed by atoms with Gasteiger partial charge in [-0.05, 0) is 35.4 Å². The van der Waals surface area contributed by atoms with Crippen molar-refractivity contribution in [3.05, 3.63) is 42.5 Å². The molecule has 1 saturated heterocycles. The fourth-order valence-corrected chi connectivity index (χ4v) is 4.00. The lowest BCUT2D eigenvalue weighted by atomic mass is 10.0. The molecule has 8 heteroatoms. The van der Waals surface area contributed by atoms with Gasteiger partial charge in [0.05, 0.1) is 23.3 Å². The predicted octanol–water partition coefficient (Wildman–Crippen LogP) is 2.27.